The van der Waals surface area contributed by atoms with Crippen LogP contribution in [-0.2, 0) is 0 Å². The number of nitro benzene ring substituents is 1. The number of nitrogens with one attached hydrogen (secondary N) is 1. The van der Waals surface area contributed by atoms with Gasteiger partial charge in [-0.25, -0.2) is 4.98 Å². The van der Waals surface area contributed by atoms with Crippen LogP contribution >= 0.6 is 23.1 Å². The van der Waals surface area contributed by atoms with Crippen molar-refractivity contribution in [2.45, 2.75) is 26.2 Å². The van der Waals surface area contributed by atoms with Gasteiger partial charge < -0.3 is 5.32 Å². The molecule has 0 aliphatic heterocycles. The summed E-state index contributed by atoms with van der Waals surface area (Å²) in [5, 5.41) is 15.3. The molecule has 0 saturated heterocycles. The second-order valence-electron chi connectivity index (χ2n) is 4.81. The number of unbranched alkanes of at least 4 members (excludes halogenated alkanes) is 2. The minimum atomic E-state index is -0.329. The Bertz CT molecular complexity index is 628. The van der Waals surface area contributed by atoms with Gasteiger partial charge in [-0.2, -0.15) is 11.8 Å². The average Bonchev–Trinajstić information content (AvgIpc) is 2.80. The van der Waals surface area contributed by atoms with E-state index < -0.39 is 0 Å². The zero-order valence-corrected chi connectivity index (χ0v) is 13.9. The Morgan fingerprint density at radius 2 is 2.19 bits per heavy atom. The SMILES string of the molecule is CSCCCCCNc1cc2nc(C)sc2cc1[N+](=O)[O-]. The lowest BCUT2D eigenvalue weighted by Gasteiger charge is -2.07. The number of fused-ring (bicyclic) bond motifs is 1. The molecule has 5 nitrogen and oxygen atoms in total. The number of rotatable bonds is 8. The Kier molecular flexibility index (Phi) is 5.81. The number of benzene rings is 1. The number of hydrogen-bond acceptors (Lipinski definition) is 6. The molecule has 1 aromatic heterocycles. The largest absolute Gasteiger partial charge is 0.379 e. The Hall–Kier alpha value is -1.34. The summed E-state index contributed by atoms with van der Waals surface area (Å²) in [4.78, 5) is 15.3. The molecular formula is C14H19N3O2S2. The first-order chi connectivity index (χ1) is 10.1. The summed E-state index contributed by atoms with van der Waals surface area (Å²) in [6.07, 6.45) is 5.45. The molecule has 1 heterocycles. The molecule has 0 unspecified atom stereocenters. The van der Waals surface area contributed by atoms with Crippen LogP contribution in [0, 0.1) is 17.0 Å². The predicted molar refractivity (Wildman–Crippen MR) is 91.7 cm³/mol. The highest BCUT2D eigenvalue weighted by molar-refractivity contribution is 7.98. The number of aromatic nitrogens is 1. The third kappa shape index (κ3) is 4.31. The van der Waals surface area contributed by atoms with E-state index in [0.717, 1.165) is 34.6 Å². The fraction of sp³-hybridized carbons (Fsp3) is 0.500. The topological polar surface area (TPSA) is 68.1 Å². The predicted octanol–water partition coefficient (Wildman–Crippen LogP) is 4.46. The number of anilines is 1. The number of nitrogens with zero attached hydrogens (tertiary/aromatic N) is 2. The number of hydrogen-bond donors (Lipinski definition) is 1. The van der Waals surface area contributed by atoms with E-state index in [9.17, 15) is 10.1 Å². The zero-order valence-electron chi connectivity index (χ0n) is 12.2. The molecule has 0 aliphatic carbocycles. The van der Waals surface area contributed by atoms with Crippen LogP contribution in [0.25, 0.3) is 10.2 Å². The standard InChI is InChI=1S/C14H19N3O2S2/c1-10-16-12-8-11(15-6-4-3-5-7-20-2)13(17(18)19)9-14(12)21-10/h8-9,15H,3-7H2,1-2H3. The van der Waals surface area contributed by atoms with E-state index in [1.807, 2.05) is 18.7 Å². The van der Waals surface area contributed by atoms with Gasteiger partial charge in [-0.05, 0) is 37.8 Å². The summed E-state index contributed by atoms with van der Waals surface area (Å²) >= 11 is 3.33. The minimum Gasteiger partial charge on any atom is -0.379 e. The van der Waals surface area contributed by atoms with Crippen molar-refractivity contribution in [3.8, 4) is 0 Å². The first kappa shape index (κ1) is 16.0. The van der Waals surface area contributed by atoms with Crippen molar-refractivity contribution in [1.29, 1.82) is 0 Å². The highest BCUT2D eigenvalue weighted by Crippen LogP contribution is 2.32. The third-order valence-corrected chi connectivity index (χ3v) is 4.78. The van der Waals surface area contributed by atoms with Gasteiger partial charge >= 0.3 is 0 Å². The molecule has 0 aliphatic rings. The molecule has 2 aromatic rings. The summed E-state index contributed by atoms with van der Waals surface area (Å²) in [6.45, 7) is 2.67. The quantitative estimate of drug-likeness (QED) is 0.441. The minimum absolute atomic E-state index is 0.135. The summed E-state index contributed by atoms with van der Waals surface area (Å²) in [5.41, 5.74) is 1.53. The van der Waals surface area contributed by atoms with Gasteiger partial charge in [-0.3, -0.25) is 10.1 Å². The van der Waals surface area contributed by atoms with Gasteiger partial charge in [0.2, 0.25) is 0 Å². The third-order valence-electron chi connectivity index (χ3n) is 3.15. The van der Waals surface area contributed by atoms with Crippen LogP contribution in [0.5, 0.6) is 0 Å². The van der Waals surface area contributed by atoms with E-state index in [4.69, 9.17) is 0 Å². The maximum atomic E-state index is 11.2. The summed E-state index contributed by atoms with van der Waals surface area (Å²) in [7, 11) is 0. The van der Waals surface area contributed by atoms with Gasteiger partial charge in [0.25, 0.3) is 5.69 Å². The Labute approximate surface area is 132 Å². The number of nitro groups is 1. The first-order valence-electron chi connectivity index (χ1n) is 6.90. The van der Waals surface area contributed by atoms with E-state index in [0.29, 0.717) is 5.69 Å². The van der Waals surface area contributed by atoms with Crippen molar-refractivity contribution in [2.24, 2.45) is 0 Å². The zero-order chi connectivity index (χ0) is 15.2. The van der Waals surface area contributed by atoms with Crippen molar-refractivity contribution in [3.63, 3.8) is 0 Å². The molecule has 0 saturated carbocycles. The molecule has 0 fully saturated rings. The van der Waals surface area contributed by atoms with Gasteiger partial charge in [-0.15, -0.1) is 11.3 Å². The van der Waals surface area contributed by atoms with E-state index in [1.54, 1.807) is 12.1 Å². The number of aryl methyl sites for hydroxylation is 1. The van der Waals surface area contributed by atoms with Gasteiger partial charge in [0.15, 0.2) is 0 Å². The van der Waals surface area contributed by atoms with E-state index >= 15 is 0 Å². The number of thiazole rings is 1. The molecule has 0 spiro atoms. The highest BCUT2D eigenvalue weighted by atomic mass is 32.2. The van der Waals surface area contributed by atoms with Crippen LogP contribution in [0.3, 0.4) is 0 Å². The molecule has 0 amide bonds. The summed E-state index contributed by atoms with van der Waals surface area (Å²) < 4.78 is 0.865. The molecule has 2 rings (SSSR count). The lowest BCUT2D eigenvalue weighted by atomic mass is 10.2. The molecular weight excluding hydrogens is 306 g/mol. The maximum absolute atomic E-state index is 11.2. The fourth-order valence-electron chi connectivity index (χ4n) is 2.14. The number of thioether (sulfide) groups is 1. The molecule has 1 aromatic carbocycles. The van der Waals surface area contributed by atoms with Crippen LogP contribution in [0.15, 0.2) is 12.1 Å². The molecule has 7 heteroatoms. The molecule has 0 atom stereocenters. The van der Waals surface area contributed by atoms with Crippen LogP contribution in [0.2, 0.25) is 0 Å². The van der Waals surface area contributed by atoms with Crippen molar-refractivity contribution < 1.29 is 4.92 Å². The monoisotopic (exact) mass is 325 g/mol. The normalized spacial score (nSPS) is 11.0. The van der Waals surface area contributed by atoms with Crippen LogP contribution < -0.4 is 5.32 Å². The molecule has 114 valence electrons. The summed E-state index contributed by atoms with van der Waals surface area (Å²) in [5.74, 6) is 1.17. The van der Waals surface area contributed by atoms with E-state index in [1.165, 1.54) is 23.5 Å². The van der Waals surface area contributed by atoms with Crippen LogP contribution in [0.4, 0.5) is 11.4 Å². The van der Waals surface area contributed by atoms with Gasteiger partial charge in [0.05, 0.1) is 20.1 Å². The molecule has 21 heavy (non-hydrogen) atoms. The smallest absolute Gasteiger partial charge is 0.293 e. The van der Waals surface area contributed by atoms with Gasteiger partial charge in [0.1, 0.15) is 5.69 Å². The summed E-state index contributed by atoms with van der Waals surface area (Å²) in [6, 6.07) is 3.41. The Morgan fingerprint density at radius 1 is 1.38 bits per heavy atom. The maximum Gasteiger partial charge on any atom is 0.293 e. The Balaban J connectivity index is 2.06. The first-order valence-corrected chi connectivity index (χ1v) is 9.11. The average molecular weight is 325 g/mol. The van der Waals surface area contributed by atoms with Crippen molar-refractivity contribution in [1.82, 2.24) is 4.98 Å². The van der Waals surface area contributed by atoms with E-state index in [-0.39, 0.29) is 10.6 Å². The van der Waals surface area contributed by atoms with Crippen LogP contribution in [-0.4, -0.2) is 28.5 Å². The second-order valence-corrected chi connectivity index (χ2v) is 7.03. The van der Waals surface area contributed by atoms with Crippen molar-refractivity contribution in [2.75, 3.05) is 23.9 Å². The molecule has 1 N–H and O–H groups in total. The molecule has 0 radical (unpaired) electrons. The lowest BCUT2D eigenvalue weighted by Crippen LogP contribution is -2.04. The lowest BCUT2D eigenvalue weighted by molar-refractivity contribution is -0.383. The van der Waals surface area contributed by atoms with E-state index in [2.05, 4.69) is 16.6 Å². The van der Waals surface area contributed by atoms with Gasteiger partial charge in [0, 0.05) is 12.6 Å². The van der Waals surface area contributed by atoms with Gasteiger partial charge in [-0.1, -0.05) is 6.42 Å². The highest BCUT2D eigenvalue weighted by Gasteiger charge is 2.16. The fourth-order valence-corrected chi connectivity index (χ4v) is 3.48. The van der Waals surface area contributed by atoms with Crippen molar-refractivity contribution in [3.05, 3.63) is 27.3 Å². The van der Waals surface area contributed by atoms with Crippen LogP contribution in [0.1, 0.15) is 24.3 Å². The Morgan fingerprint density at radius 3 is 2.90 bits per heavy atom. The molecule has 0 bridgehead atoms. The van der Waals surface area contributed by atoms with Crippen molar-refractivity contribution >= 4 is 44.7 Å². The second kappa shape index (κ2) is 7.61.